The third-order valence-electron chi connectivity index (χ3n) is 5.33. The van der Waals surface area contributed by atoms with Gasteiger partial charge in [-0.15, -0.1) is 0 Å². The molecule has 0 aliphatic carbocycles. The molecule has 0 bridgehead atoms. The minimum Gasteiger partial charge on any atom is -0.487 e. The number of nitrogens with zero attached hydrogens (tertiary/aromatic N) is 3. The van der Waals surface area contributed by atoms with Crippen molar-refractivity contribution in [2.24, 2.45) is 5.73 Å². The molecule has 2 aromatic carbocycles. The third-order valence-corrected chi connectivity index (χ3v) is 5.33. The summed E-state index contributed by atoms with van der Waals surface area (Å²) in [6.45, 7) is 4.55. The number of hydrogen-bond acceptors (Lipinski definition) is 7. The zero-order valence-electron chi connectivity index (χ0n) is 18.5. The number of nitrogens with one attached hydrogen (secondary N) is 2. The van der Waals surface area contributed by atoms with Crippen LogP contribution >= 0.6 is 0 Å². The summed E-state index contributed by atoms with van der Waals surface area (Å²) in [7, 11) is 0. The van der Waals surface area contributed by atoms with Crippen molar-refractivity contribution in [2.75, 3.05) is 41.8 Å². The number of rotatable bonds is 8. The van der Waals surface area contributed by atoms with Crippen LogP contribution in [0.4, 0.5) is 27.5 Å². The number of halogens is 1. The topological polar surface area (TPSA) is 105 Å². The van der Waals surface area contributed by atoms with Crippen molar-refractivity contribution in [1.29, 1.82) is 0 Å². The Morgan fingerprint density at radius 2 is 2.03 bits per heavy atom. The fourth-order valence-electron chi connectivity index (χ4n) is 3.68. The van der Waals surface area contributed by atoms with Gasteiger partial charge in [-0.1, -0.05) is 6.07 Å². The van der Waals surface area contributed by atoms with Crippen LogP contribution in [0.15, 0.2) is 48.7 Å². The van der Waals surface area contributed by atoms with Crippen molar-refractivity contribution in [3.63, 3.8) is 0 Å². The fourth-order valence-corrected chi connectivity index (χ4v) is 3.68. The number of nitrogens with two attached hydrogens (primary N) is 1. The quantitative estimate of drug-likeness (QED) is 0.479. The minimum atomic E-state index is -0.452. The van der Waals surface area contributed by atoms with Crippen molar-refractivity contribution in [3.8, 4) is 5.75 Å². The van der Waals surface area contributed by atoms with E-state index in [1.165, 1.54) is 18.2 Å². The summed E-state index contributed by atoms with van der Waals surface area (Å²) >= 11 is 0. The van der Waals surface area contributed by atoms with Crippen LogP contribution in [0.25, 0.3) is 0 Å². The molecule has 1 aliphatic heterocycles. The Hall–Kier alpha value is -3.72. The molecule has 1 aromatic heterocycles. The molecule has 1 saturated heterocycles. The average Bonchev–Trinajstić information content (AvgIpc) is 3.35. The summed E-state index contributed by atoms with van der Waals surface area (Å²) < 4.78 is 19.1. The van der Waals surface area contributed by atoms with Gasteiger partial charge in [0.25, 0.3) is 5.91 Å². The summed E-state index contributed by atoms with van der Waals surface area (Å²) in [5, 5.41) is 6.04. The molecule has 8 nitrogen and oxygen atoms in total. The Kier molecular flexibility index (Phi) is 6.99. The van der Waals surface area contributed by atoms with Crippen LogP contribution < -0.4 is 26.0 Å². The molecule has 4 N–H and O–H groups in total. The van der Waals surface area contributed by atoms with Crippen molar-refractivity contribution < 1.29 is 13.9 Å². The molecule has 0 unspecified atom stereocenters. The zero-order valence-corrected chi connectivity index (χ0v) is 18.5. The number of anilines is 4. The number of benzene rings is 2. The number of carbonyl (C=O) groups is 1. The molecule has 9 heteroatoms. The molecule has 1 amide bonds. The molecule has 3 aromatic rings. The molecule has 0 radical (unpaired) electrons. The largest absolute Gasteiger partial charge is 0.487 e. The third kappa shape index (κ3) is 5.56. The van der Waals surface area contributed by atoms with E-state index in [0.29, 0.717) is 30.5 Å². The van der Waals surface area contributed by atoms with Gasteiger partial charge in [0.05, 0.1) is 6.20 Å². The first-order chi connectivity index (χ1) is 16.0. The molecule has 2 heterocycles. The lowest BCUT2D eigenvalue weighted by Crippen LogP contribution is -2.22. The molecule has 33 heavy (non-hydrogen) atoms. The zero-order chi connectivity index (χ0) is 23.2. The van der Waals surface area contributed by atoms with Gasteiger partial charge in [0.1, 0.15) is 12.4 Å². The number of aromatic nitrogens is 2. The highest BCUT2D eigenvalue weighted by atomic mass is 19.1. The van der Waals surface area contributed by atoms with Crippen LogP contribution in [0.3, 0.4) is 0 Å². The van der Waals surface area contributed by atoms with E-state index in [2.05, 4.69) is 25.5 Å². The lowest BCUT2D eigenvalue weighted by molar-refractivity contribution is 0.102. The van der Waals surface area contributed by atoms with E-state index in [4.69, 9.17) is 10.5 Å². The molecular formula is C24H27FN6O2. The van der Waals surface area contributed by atoms with Crippen LogP contribution in [0, 0.1) is 12.7 Å². The van der Waals surface area contributed by atoms with Crippen LogP contribution in [0.5, 0.6) is 5.75 Å². The smallest absolute Gasteiger partial charge is 0.255 e. The van der Waals surface area contributed by atoms with E-state index in [-0.39, 0.29) is 11.5 Å². The monoisotopic (exact) mass is 450 g/mol. The fraction of sp³-hybridized carbons (Fsp3) is 0.292. The minimum absolute atomic E-state index is 0.261. The van der Waals surface area contributed by atoms with Crippen molar-refractivity contribution in [2.45, 2.75) is 19.8 Å². The number of carbonyl (C=O) groups excluding carboxylic acids is 1. The summed E-state index contributed by atoms with van der Waals surface area (Å²) in [5.74, 6) is 1.01. The predicted octanol–water partition coefficient (Wildman–Crippen LogP) is 3.86. The number of hydrogen-bond donors (Lipinski definition) is 3. The molecule has 172 valence electrons. The van der Waals surface area contributed by atoms with Crippen LogP contribution in [-0.2, 0) is 0 Å². The highest BCUT2D eigenvalue weighted by molar-refractivity contribution is 6.04. The van der Waals surface area contributed by atoms with E-state index in [0.717, 1.165) is 43.0 Å². The Balaban J connectivity index is 1.49. The number of amides is 1. The Morgan fingerprint density at radius 1 is 1.21 bits per heavy atom. The summed E-state index contributed by atoms with van der Waals surface area (Å²) in [4.78, 5) is 23.7. The highest BCUT2D eigenvalue weighted by Crippen LogP contribution is 2.30. The maximum atomic E-state index is 13.4. The summed E-state index contributed by atoms with van der Waals surface area (Å²) in [6, 6.07) is 11.1. The number of aryl methyl sites for hydroxylation is 1. The van der Waals surface area contributed by atoms with Crippen molar-refractivity contribution in [1.82, 2.24) is 9.97 Å². The van der Waals surface area contributed by atoms with Crippen molar-refractivity contribution in [3.05, 3.63) is 65.6 Å². The predicted molar refractivity (Wildman–Crippen MR) is 127 cm³/mol. The van der Waals surface area contributed by atoms with E-state index < -0.39 is 5.82 Å². The van der Waals surface area contributed by atoms with Gasteiger partial charge in [-0.25, -0.2) is 9.37 Å². The first-order valence-electron chi connectivity index (χ1n) is 10.9. The van der Waals surface area contributed by atoms with Crippen molar-refractivity contribution >= 4 is 29.0 Å². The Bertz CT molecular complexity index is 1130. The maximum absolute atomic E-state index is 13.4. The lowest BCUT2D eigenvalue weighted by atomic mass is 10.1. The highest BCUT2D eigenvalue weighted by Gasteiger charge is 2.20. The normalized spacial score (nSPS) is 13.1. The van der Waals surface area contributed by atoms with Gasteiger partial charge >= 0.3 is 0 Å². The maximum Gasteiger partial charge on any atom is 0.255 e. The molecule has 0 spiro atoms. The Morgan fingerprint density at radius 3 is 2.76 bits per heavy atom. The van der Waals surface area contributed by atoms with E-state index in [9.17, 15) is 9.18 Å². The molecule has 1 aliphatic rings. The average molecular weight is 451 g/mol. The van der Waals surface area contributed by atoms with Gasteiger partial charge < -0.3 is 26.0 Å². The molecule has 1 fully saturated rings. The second kappa shape index (κ2) is 10.3. The van der Waals surface area contributed by atoms with Crippen LogP contribution in [-0.4, -0.2) is 42.1 Å². The molecule has 4 rings (SSSR count). The van der Waals surface area contributed by atoms with Gasteiger partial charge in [-0.3, -0.25) is 4.79 Å². The molecular weight excluding hydrogens is 423 g/mol. The van der Waals surface area contributed by atoms with E-state index >= 15 is 0 Å². The summed E-state index contributed by atoms with van der Waals surface area (Å²) in [6.07, 6.45) is 3.90. The van der Waals surface area contributed by atoms with Crippen LogP contribution in [0.2, 0.25) is 0 Å². The second-order valence-corrected chi connectivity index (χ2v) is 7.83. The van der Waals surface area contributed by atoms with Gasteiger partial charge in [0.2, 0.25) is 5.95 Å². The SMILES string of the molecule is Cc1cc(Nc2ncc(OCCN)c(N3CCCC3)n2)ccc1NC(=O)c1cccc(F)c1. The first kappa shape index (κ1) is 22.5. The van der Waals surface area contributed by atoms with Crippen LogP contribution in [0.1, 0.15) is 28.8 Å². The first-order valence-corrected chi connectivity index (χ1v) is 10.9. The standard InChI is InChI=1S/C24H27FN6O2/c1-16-13-19(7-8-20(16)29-23(32)17-5-4-6-18(25)14-17)28-24-27-15-21(33-12-9-26)22(30-24)31-10-2-3-11-31/h4-8,13-15H,2-3,9-12,26H2,1H3,(H,29,32)(H,27,28,30). The van der Waals surface area contributed by atoms with Gasteiger partial charge in [0, 0.05) is 36.6 Å². The van der Waals surface area contributed by atoms with E-state index in [1.54, 1.807) is 18.3 Å². The lowest BCUT2D eigenvalue weighted by Gasteiger charge is -2.20. The second-order valence-electron chi connectivity index (χ2n) is 7.83. The van der Waals surface area contributed by atoms with Gasteiger partial charge in [-0.05, 0) is 61.7 Å². The van der Waals surface area contributed by atoms with Gasteiger partial charge in [0.15, 0.2) is 11.6 Å². The molecule has 0 saturated carbocycles. The summed E-state index contributed by atoms with van der Waals surface area (Å²) in [5.41, 5.74) is 8.09. The molecule has 0 atom stereocenters. The van der Waals surface area contributed by atoms with Gasteiger partial charge in [-0.2, -0.15) is 4.98 Å². The van der Waals surface area contributed by atoms with E-state index in [1.807, 2.05) is 19.1 Å². The number of ether oxygens (including phenoxy) is 1. The Labute approximate surface area is 192 Å².